The van der Waals surface area contributed by atoms with Gasteiger partial charge in [-0.2, -0.15) is 0 Å². The predicted octanol–water partition coefficient (Wildman–Crippen LogP) is 2.83. The highest BCUT2D eigenvalue weighted by Crippen LogP contribution is 2.25. The van der Waals surface area contributed by atoms with Crippen LogP contribution in [0.15, 0.2) is 34.7 Å². The van der Waals surface area contributed by atoms with Gasteiger partial charge in [-0.15, -0.1) is 0 Å². The highest BCUT2D eigenvalue weighted by atomic mass is 32.2. The molecule has 0 bridgehead atoms. The molecular weight excluding hydrogens is 166 g/mol. The van der Waals surface area contributed by atoms with Crippen molar-refractivity contribution in [1.82, 2.24) is 0 Å². The quantitative estimate of drug-likeness (QED) is 0.706. The first-order valence-corrected chi connectivity index (χ1v) is 4.61. The third-order valence-corrected chi connectivity index (χ3v) is 2.51. The molecule has 0 aliphatic carbocycles. The van der Waals surface area contributed by atoms with Crippen LogP contribution >= 0.6 is 11.8 Å². The average molecular weight is 179 g/mol. The van der Waals surface area contributed by atoms with Gasteiger partial charge in [-0.1, -0.05) is 36.0 Å². The third-order valence-electron chi connectivity index (χ3n) is 1.57. The molecule has 0 spiro atoms. The molecule has 0 unspecified atom stereocenters. The zero-order chi connectivity index (χ0) is 9.14. The minimum absolute atomic E-state index is 0.641. The molecule has 0 atom stereocenters. The van der Waals surface area contributed by atoms with Gasteiger partial charge < -0.3 is 5.73 Å². The highest BCUT2D eigenvalue weighted by Gasteiger charge is 1.98. The van der Waals surface area contributed by atoms with Crippen molar-refractivity contribution >= 4 is 11.8 Å². The summed E-state index contributed by atoms with van der Waals surface area (Å²) < 4.78 is 0. The molecule has 0 aliphatic heterocycles. The van der Waals surface area contributed by atoms with Crippen LogP contribution in [0.5, 0.6) is 0 Å². The maximum atomic E-state index is 5.50. The van der Waals surface area contributed by atoms with Crippen molar-refractivity contribution in [2.75, 3.05) is 0 Å². The van der Waals surface area contributed by atoms with Crippen LogP contribution in [0.1, 0.15) is 11.1 Å². The summed E-state index contributed by atoms with van der Waals surface area (Å²) in [5, 5.41) is 0.641. The number of thioether (sulfide) groups is 1. The van der Waals surface area contributed by atoms with E-state index >= 15 is 0 Å². The second-order valence-corrected chi connectivity index (χ2v) is 4.01. The molecule has 0 heterocycles. The van der Waals surface area contributed by atoms with Gasteiger partial charge in [0.25, 0.3) is 0 Å². The summed E-state index contributed by atoms with van der Waals surface area (Å²) in [6.07, 6.45) is 0. The monoisotopic (exact) mass is 179 g/mol. The Bertz CT molecular complexity index is 305. The zero-order valence-corrected chi connectivity index (χ0v) is 8.24. The Balaban J connectivity index is 2.93. The Morgan fingerprint density at radius 3 is 2.58 bits per heavy atom. The van der Waals surface area contributed by atoms with Crippen LogP contribution in [0.3, 0.4) is 0 Å². The Morgan fingerprint density at radius 2 is 2.08 bits per heavy atom. The molecule has 1 aromatic carbocycles. The van der Waals surface area contributed by atoms with Gasteiger partial charge in [0.05, 0.1) is 5.03 Å². The summed E-state index contributed by atoms with van der Waals surface area (Å²) in [4.78, 5) is 1.19. The van der Waals surface area contributed by atoms with Crippen LogP contribution in [0.25, 0.3) is 0 Å². The summed E-state index contributed by atoms with van der Waals surface area (Å²) >= 11 is 1.52. The van der Waals surface area contributed by atoms with Crippen LogP contribution in [-0.2, 0) is 0 Å². The topological polar surface area (TPSA) is 26.0 Å². The fourth-order valence-electron chi connectivity index (χ4n) is 1.06. The molecule has 12 heavy (non-hydrogen) atoms. The maximum Gasteiger partial charge on any atom is 0.0630 e. The first-order valence-electron chi connectivity index (χ1n) is 3.79. The summed E-state index contributed by atoms with van der Waals surface area (Å²) in [7, 11) is 0. The fraction of sp³-hybridized carbons (Fsp3) is 0.200. The lowest BCUT2D eigenvalue weighted by molar-refractivity contribution is 1.26. The van der Waals surface area contributed by atoms with E-state index in [-0.39, 0.29) is 0 Å². The molecule has 2 heteroatoms. The minimum Gasteiger partial charge on any atom is -0.394 e. The average Bonchev–Trinajstić information content (AvgIpc) is 1.94. The van der Waals surface area contributed by atoms with E-state index in [1.807, 2.05) is 0 Å². The van der Waals surface area contributed by atoms with Crippen LogP contribution < -0.4 is 5.73 Å². The first-order chi connectivity index (χ1) is 5.59. The van der Waals surface area contributed by atoms with Gasteiger partial charge in [-0.05, 0) is 25.5 Å². The first kappa shape index (κ1) is 9.20. The molecule has 0 amide bonds. The number of hydrogen-bond acceptors (Lipinski definition) is 2. The second kappa shape index (κ2) is 3.68. The maximum absolute atomic E-state index is 5.50. The van der Waals surface area contributed by atoms with E-state index in [9.17, 15) is 0 Å². The van der Waals surface area contributed by atoms with Gasteiger partial charge in [-0.3, -0.25) is 0 Å². The van der Waals surface area contributed by atoms with Crippen molar-refractivity contribution < 1.29 is 0 Å². The van der Waals surface area contributed by atoms with Crippen LogP contribution in [0.2, 0.25) is 0 Å². The summed E-state index contributed by atoms with van der Waals surface area (Å²) in [5.74, 6) is 0. The van der Waals surface area contributed by atoms with E-state index in [1.165, 1.54) is 27.8 Å². The number of hydrogen-bond donors (Lipinski definition) is 1. The molecule has 0 aromatic heterocycles. The van der Waals surface area contributed by atoms with Crippen molar-refractivity contribution in [2.24, 2.45) is 5.73 Å². The van der Waals surface area contributed by atoms with Crippen LogP contribution in [-0.4, -0.2) is 0 Å². The van der Waals surface area contributed by atoms with E-state index in [0.717, 1.165) is 0 Å². The van der Waals surface area contributed by atoms with Crippen molar-refractivity contribution in [3.05, 3.63) is 40.9 Å². The second-order valence-electron chi connectivity index (χ2n) is 2.84. The van der Waals surface area contributed by atoms with Crippen molar-refractivity contribution in [2.45, 2.75) is 18.7 Å². The Morgan fingerprint density at radius 1 is 1.42 bits per heavy atom. The molecule has 2 N–H and O–H groups in total. The van der Waals surface area contributed by atoms with E-state index in [2.05, 4.69) is 38.6 Å². The largest absolute Gasteiger partial charge is 0.394 e. The van der Waals surface area contributed by atoms with Gasteiger partial charge in [-0.25, -0.2) is 0 Å². The highest BCUT2D eigenvalue weighted by molar-refractivity contribution is 8.03. The lowest BCUT2D eigenvalue weighted by Crippen LogP contribution is -1.90. The van der Waals surface area contributed by atoms with Gasteiger partial charge in [0.2, 0.25) is 0 Å². The van der Waals surface area contributed by atoms with Gasteiger partial charge in [0.1, 0.15) is 0 Å². The molecule has 0 saturated carbocycles. The van der Waals surface area contributed by atoms with E-state index in [0.29, 0.717) is 5.03 Å². The number of aryl methyl sites for hydroxylation is 2. The van der Waals surface area contributed by atoms with Crippen molar-refractivity contribution in [3.8, 4) is 0 Å². The van der Waals surface area contributed by atoms with E-state index < -0.39 is 0 Å². The molecule has 0 aliphatic rings. The lowest BCUT2D eigenvalue weighted by Gasteiger charge is -2.04. The van der Waals surface area contributed by atoms with E-state index in [4.69, 9.17) is 5.73 Å². The molecule has 0 fully saturated rings. The minimum atomic E-state index is 0.641. The lowest BCUT2D eigenvalue weighted by atomic mass is 10.2. The summed E-state index contributed by atoms with van der Waals surface area (Å²) in [6, 6.07) is 6.30. The fourth-order valence-corrected chi connectivity index (χ4v) is 1.69. The van der Waals surface area contributed by atoms with Gasteiger partial charge in [0, 0.05) is 4.90 Å². The molecule has 0 radical (unpaired) electrons. The Labute approximate surface area is 77.7 Å². The predicted molar refractivity (Wildman–Crippen MR) is 55.1 cm³/mol. The van der Waals surface area contributed by atoms with E-state index in [1.54, 1.807) is 0 Å². The van der Waals surface area contributed by atoms with Crippen molar-refractivity contribution in [3.63, 3.8) is 0 Å². The third kappa shape index (κ3) is 2.31. The SMILES string of the molecule is C=C(N)Sc1ccc(C)cc1C. The smallest absolute Gasteiger partial charge is 0.0630 e. The summed E-state index contributed by atoms with van der Waals surface area (Å²) in [6.45, 7) is 7.82. The molecule has 1 rings (SSSR count). The number of rotatable bonds is 2. The number of benzene rings is 1. The van der Waals surface area contributed by atoms with Crippen LogP contribution in [0.4, 0.5) is 0 Å². The standard InChI is InChI=1S/C10H13NS/c1-7-4-5-10(8(2)6-7)12-9(3)11/h4-6H,3,11H2,1-2H3. The molecular formula is C10H13NS. The van der Waals surface area contributed by atoms with Crippen molar-refractivity contribution in [1.29, 1.82) is 0 Å². The normalized spacial score (nSPS) is 9.83. The Kier molecular flexibility index (Phi) is 2.82. The van der Waals surface area contributed by atoms with Crippen LogP contribution in [0, 0.1) is 13.8 Å². The zero-order valence-electron chi connectivity index (χ0n) is 7.42. The van der Waals surface area contributed by atoms with Gasteiger partial charge >= 0.3 is 0 Å². The van der Waals surface area contributed by atoms with Gasteiger partial charge in [0.15, 0.2) is 0 Å². The molecule has 1 aromatic rings. The molecule has 64 valence electrons. The Hall–Kier alpha value is -0.890. The molecule has 1 nitrogen and oxygen atoms in total. The molecule has 0 saturated heterocycles. The summed E-state index contributed by atoms with van der Waals surface area (Å²) in [5.41, 5.74) is 8.03. The number of nitrogens with two attached hydrogens (primary N) is 1.